The molecule has 1 rings (SSSR count). The van der Waals surface area contributed by atoms with Crippen molar-refractivity contribution in [2.24, 2.45) is 5.11 Å². The highest BCUT2D eigenvalue weighted by molar-refractivity contribution is 6.35. The monoisotopic (exact) mass is 188 g/mol. The van der Waals surface area contributed by atoms with Crippen molar-refractivity contribution in [3.8, 4) is 0 Å². The molecule has 1 aromatic rings. The van der Waals surface area contributed by atoms with Gasteiger partial charge in [0, 0.05) is 10.0 Å². The Morgan fingerprint density at radius 1 is 1.36 bits per heavy atom. The minimum Gasteiger partial charge on any atom is -0.210 e. The topological polar surface area (TPSA) is 36.2 Å². The Hall–Kier alpha value is -0.600. The Labute approximate surface area is 74.6 Å². The van der Waals surface area contributed by atoms with E-state index in [1.54, 1.807) is 18.2 Å². The highest BCUT2D eigenvalue weighted by atomic mass is 35.5. The molecule has 0 radical (unpaired) electrons. The third-order valence-electron chi connectivity index (χ3n) is 1.26. The van der Waals surface area contributed by atoms with Crippen LogP contribution in [0.4, 0.5) is 0 Å². The minimum atomic E-state index is 0.315. The van der Waals surface area contributed by atoms with Gasteiger partial charge >= 0.3 is 0 Å². The zero-order valence-electron chi connectivity index (χ0n) is 5.64. The van der Waals surface area contributed by atoms with Crippen LogP contribution >= 0.6 is 23.2 Å². The number of hydrogen-bond donors (Lipinski definition) is 1. The maximum Gasteiger partial charge on any atom is 0.0861 e. The number of halogens is 2. The number of hydrogen-bond acceptors (Lipinski definition) is 2. The van der Waals surface area contributed by atoms with Gasteiger partial charge in [-0.1, -0.05) is 29.3 Å². The lowest BCUT2D eigenvalue weighted by Gasteiger charge is -1.98. The molecule has 0 heterocycles. The van der Waals surface area contributed by atoms with Crippen LogP contribution in [-0.2, 0) is 6.54 Å². The minimum absolute atomic E-state index is 0.315. The smallest absolute Gasteiger partial charge is 0.0861 e. The molecule has 11 heavy (non-hydrogen) atoms. The van der Waals surface area contributed by atoms with Gasteiger partial charge in [-0.05, 0) is 17.7 Å². The summed E-state index contributed by atoms with van der Waals surface area (Å²) in [6, 6.07) is 5.14. The standard InChI is InChI=1S/C7H6Cl2N2/c8-6-2-1-5(4-11-10)7(9)3-6/h1-3,10H,4H2. The Balaban J connectivity index is 2.98. The van der Waals surface area contributed by atoms with Crippen LogP contribution in [0.25, 0.3) is 0 Å². The van der Waals surface area contributed by atoms with E-state index in [1.807, 2.05) is 0 Å². The zero-order valence-corrected chi connectivity index (χ0v) is 7.15. The van der Waals surface area contributed by atoms with E-state index in [4.69, 9.17) is 28.7 Å². The third kappa shape index (κ3) is 2.17. The van der Waals surface area contributed by atoms with Crippen LogP contribution in [0.15, 0.2) is 23.3 Å². The lowest BCUT2D eigenvalue weighted by Crippen LogP contribution is -1.81. The Morgan fingerprint density at radius 3 is 2.64 bits per heavy atom. The summed E-state index contributed by atoms with van der Waals surface area (Å²) in [5, 5.41) is 4.38. The van der Waals surface area contributed by atoms with Crippen molar-refractivity contribution in [1.82, 2.24) is 0 Å². The molecule has 0 aromatic heterocycles. The van der Waals surface area contributed by atoms with E-state index in [9.17, 15) is 0 Å². The summed E-state index contributed by atoms with van der Waals surface area (Å²) in [4.78, 5) is 0. The molecule has 0 saturated heterocycles. The molecule has 58 valence electrons. The van der Waals surface area contributed by atoms with Gasteiger partial charge in [0.2, 0.25) is 0 Å². The van der Waals surface area contributed by atoms with E-state index in [-0.39, 0.29) is 0 Å². The molecule has 4 heteroatoms. The fourth-order valence-electron chi connectivity index (χ4n) is 0.735. The molecule has 0 unspecified atom stereocenters. The van der Waals surface area contributed by atoms with Gasteiger partial charge in [-0.15, -0.1) is 0 Å². The van der Waals surface area contributed by atoms with Crippen molar-refractivity contribution in [2.75, 3.05) is 0 Å². The second-order valence-electron chi connectivity index (χ2n) is 2.05. The van der Waals surface area contributed by atoms with Gasteiger partial charge in [0.1, 0.15) is 0 Å². The van der Waals surface area contributed by atoms with Crippen molar-refractivity contribution < 1.29 is 0 Å². The second kappa shape index (κ2) is 3.69. The average Bonchev–Trinajstić information content (AvgIpc) is 1.95. The van der Waals surface area contributed by atoms with Crippen LogP contribution in [0.5, 0.6) is 0 Å². The van der Waals surface area contributed by atoms with Crippen LogP contribution < -0.4 is 0 Å². The first-order chi connectivity index (χ1) is 5.24. The molecule has 0 amide bonds. The summed E-state index contributed by atoms with van der Waals surface area (Å²) in [6.07, 6.45) is 0. The van der Waals surface area contributed by atoms with Crippen molar-refractivity contribution in [3.63, 3.8) is 0 Å². The molecule has 0 saturated carbocycles. The van der Waals surface area contributed by atoms with Gasteiger partial charge in [0.15, 0.2) is 0 Å². The van der Waals surface area contributed by atoms with Gasteiger partial charge in [-0.3, -0.25) is 0 Å². The van der Waals surface area contributed by atoms with E-state index >= 15 is 0 Å². The molecule has 0 aliphatic rings. The summed E-state index contributed by atoms with van der Waals surface area (Å²) in [6.45, 7) is 0.315. The molecule has 0 atom stereocenters. The molecule has 0 aliphatic heterocycles. The predicted octanol–water partition coefficient (Wildman–Crippen LogP) is 3.52. The Kier molecular flexibility index (Phi) is 2.85. The van der Waals surface area contributed by atoms with E-state index < -0.39 is 0 Å². The molecular formula is C7H6Cl2N2. The van der Waals surface area contributed by atoms with Gasteiger partial charge < -0.3 is 0 Å². The fourth-order valence-corrected chi connectivity index (χ4v) is 1.20. The normalized spacial score (nSPS) is 9.64. The molecule has 2 nitrogen and oxygen atoms in total. The van der Waals surface area contributed by atoms with Crippen LogP contribution in [0, 0.1) is 5.53 Å². The molecule has 0 fully saturated rings. The molecular weight excluding hydrogens is 183 g/mol. The number of nitrogens with zero attached hydrogens (tertiary/aromatic N) is 1. The van der Waals surface area contributed by atoms with Gasteiger partial charge in [0.25, 0.3) is 0 Å². The van der Waals surface area contributed by atoms with E-state index in [1.165, 1.54) is 0 Å². The summed E-state index contributed by atoms with van der Waals surface area (Å²) < 4.78 is 0. The first kappa shape index (κ1) is 8.50. The number of rotatable bonds is 2. The summed E-state index contributed by atoms with van der Waals surface area (Å²) in [7, 11) is 0. The second-order valence-corrected chi connectivity index (χ2v) is 2.90. The molecule has 0 bridgehead atoms. The molecule has 1 aromatic carbocycles. The number of nitrogens with one attached hydrogen (secondary N) is 1. The molecule has 0 spiro atoms. The SMILES string of the molecule is N=NCc1ccc(Cl)cc1Cl. The highest BCUT2D eigenvalue weighted by Crippen LogP contribution is 2.21. The van der Waals surface area contributed by atoms with Gasteiger partial charge in [-0.2, -0.15) is 5.11 Å². The first-order valence-electron chi connectivity index (χ1n) is 3.01. The predicted molar refractivity (Wildman–Crippen MR) is 45.3 cm³/mol. The van der Waals surface area contributed by atoms with Crippen molar-refractivity contribution >= 4 is 23.2 Å². The fraction of sp³-hybridized carbons (Fsp3) is 0.143. The maximum absolute atomic E-state index is 6.62. The van der Waals surface area contributed by atoms with Crippen LogP contribution in [0.2, 0.25) is 10.0 Å². The average molecular weight is 189 g/mol. The van der Waals surface area contributed by atoms with E-state index in [2.05, 4.69) is 5.11 Å². The van der Waals surface area contributed by atoms with Crippen molar-refractivity contribution in [2.45, 2.75) is 6.54 Å². The Bertz CT molecular complexity index is 273. The van der Waals surface area contributed by atoms with Crippen molar-refractivity contribution in [3.05, 3.63) is 33.8 Å². The van der Waals surface area contributed by atoms with Crippen molar-refractivity contribution in [1.29, 1.82) is 5.53 Å². The summed E-state index contributed by atoms with van der Waals surface area (Å²) >= 11 is 11.4. The first-order valence-corrected chi connectivity index (χ1v) is 3.77. The van der Waals surface area contributed by atoms with Gasteiger partial charge in [-0.25, -0.2) is 5.53 Å². The van der Waals surface area contributed by atoms with Crippen LogP contribution in [0.1, 0.15) is 5.56 Å². The van der Waals surface area contributed by atoms with E-state index in [0.717, 1.165) is 5.56 Å². The van der Waals surface area contributed by atoms with E-state index in [0.29, 0.717) is 16.6 Å². The lowest BCUT2D eigenvalue weighted by molar-refractivity contribution is 0.908. The molecule has 1 N–H and O–H groups in total. The van der Waals surface area contributed by atoms with Crippen LogP contribution in [0.3, 0.4) is 0 Å². The molecule has 0 aliphatic carbocycles. The van der Waals surface area contributed by atoms with Crippen LogP contribution in [-0.4, -0.2) is 0 Å². The maximum atomic E-state index is 6.62. The summed E-state index contributed by atoms with van der Waals surface area (Å²) in [5.74, 6) is 0. The summed E-state index contributed by atoms with van der Waals surface area (Å²) in [5.41, 5.74) is 7.45. The highest BCUT2D eigenvalue weighted by Gasteiger charge is 1.98. The quantitative estimate of drug-likeness (QED) is 0.691. The Morgan fingerprint density at radius 2 is 2.09 bits per heavy atom. The zero-order chi connectivity index (χ0) is 8.27. The number of benzene rings is 1. The van der Waals surface area contributed by atoms with Gasteiger partial charge in [0.05, 0.1) is 6.54 Å². The lowest BCUT2D eigenvalue weighted by atomic mass is 10.2. The largest absolute Gasteiger partial charge is 0.210 e. The third-order valence-corrected chi connectivity index (χ3v) is 1.85.